The summed E-state index contributed by atoms with van der Waals surface area (Å²) >= 11 is 0. The van der Waals surface area contributed by atoms with Crippen molar-refractivity contribution in [3.05, 3.63) is 71.8 Å². The van der Waals surface area contributed by atoms with Crippen molar-refractivity contribution >= 4 is 35.5 Å². The van der Waals surface area contributed by atoms with Gasteiger partial charge in [-0.25, -0.2) is 14.4 Å². The summed E-state index contributed by atoms with van der Waals surface area (Å²) in [5.41, 5.74) is -2.08. The van der Waals surface area contributed by atoms with Crippen LogP contribution in [-0.4, -0.2) is 65.0 Å². The van der Waals surface area contributed by atoms with Crippen LogP contribution in [0, 0.1) is 10.8 Å². The first-order chi connectivity index (χ1) is 18.9. The van der Waals surface area contributed by atoms with Gasteiger partial charge in [-0.15, -0.1) is 0 Å². The molecule has 0 fully saturated rings. The van der Waals surface area contributed by atoms with E-state index in [1.165, 1.54) is 74.5 Å². The Morgan fingerprint density at radius 3 is 2.05 bits per heavy atom. The van der Waals surface area contributed by atoms with Crippen molar-refractivity contribution < 1.29 is 48.4 Å². The molecule has 40 heavy (non-hydrogen) atoms. The van der Waals surface area contributed by atoms with E-state index < -0.39 is 53.6 Å². The van der Waals surface area contributed by atoms with Crippen LogP contribution >= 0.6 is 0 Å². The zero-order valence-corrected chi connectivity index (χ0v) is 22.1. The Morgan fingerprint density at radius 1 is 0.950 bits per heavy atom. The zero-order chi connectivity index (χ0) is 29.9. The van der Waals surface area contributed by atoms with Gasteiger partial charge in [0.1, 0.15) is 28.3 Å². The minimum absolute atomic E-state index is 0.163. The Hall–Kier alpha value is -4.84. The number of aliphatic hydroxyl groups is 1. The summed E-state index contributed by atoms with van der Waals surface area (Å²) in [6.45, 7) is 3.79. The smallest absolute Gasteiger partial charge is 0.361 e. The molecule has 2 rings (SSSR count). The molecule has 0 radical (unpaired) electrons. The highest BCUT2D eigenvalue weighted by Gasteiger charge is 2.39. The van der Waals surface area contributed by atoms with Crippen molar-refractivity contribution in [1.82, 2.24) is 5.32 Å². The number of hydrogen-bond donors (Lipinski definition) is 4. The highest BCUT2D eigenvalue weighted by molar-refractivity contribution is 6.40. The molecule has 0 aliphatic rings. The number of esters is 3. The molecule has 212 valence electrons. The maximum absolute atomic E-state index is 13.1. The number of nitrogens with one attached hydrogen (secondary N) is 2. The van der Waals surface area contributed by atoms with E-state index in [2.05, 4.69) is 5.32 Å². The van der Waals surface area contributed by atoms with E-state index in [0.717, 1.165) is 0 Å². The molecule has 0 saturated heterocycles. The standard InChI is InChI=1S/C28H30N2O10/c1-4-9-19(29)27(37)39-21-13-8-5-10-17(21)25(35)38-20-12-7-6-11-18(20)26(36)40-23(28(2,3)16-31)24(34)30-15-14-22(32)33/h4-13,23,29,31H,14-16H2,1-3H3,(H,30,34)(H,32,33). The molecule has 2 aromatic rings. The third-order valence-corrected chi connectivity index (χ3v) is 5.39. The lowest BCUT2D eigenvalue weighted by molar-refractivity contribution is -0.139. The lowest BCUT2D eigenvalue weighted by Crippen LogP contribution is -2.48. The van der Waals surface area contributed by atoms with Gasteiger partial charge in [0.25, 0.3) is 5.91 Å². The molecule has 0 heterocycles. The van der Waals surface area contributed by atoms with Gasteiger partial charge in [-0.2, -0.15) is 0 Å². The second-order valence-corrected chi connectivity index (χ2v) is 9.05. The molecule has 2 aromatic carbocycles. The molecule has 4 N–H and O–H groups in total. The van der Waals surface area contributed by atoms with E-state index in [1.54, 1.807) is 6.92 Å². The van der Waals surface area contributed by atoms with Crippen LogP contribution in [0.25, 0.3) is 0 Å². The van der Waals surface area contributed by atoms with Gasteiger partial charge in [0.05, 0.1) is 13.0 Å². The normalized spacial score (nSPS) is 11.8. The lowest BCUT2D eigenvalue weighted by Gasteiger charge is -2.31. The number of carbonyl (C=O) groups is 5. The highest BCUT2D eigenvalue weighted by atomic mass is 16.6. The summed E-state index contributed by atoms with van der Waals surface area (Å²) in [4.78, 5) is 61.8. The van der Waals surface area contributed by atoms with Crippen LogP contribution in [0.15, 0.2) is 60.7 Å². The van der Waals surface area contributed by atoms with Crippen LogP contribution in [0.2, 0.25) is 0 Å². The number of allylic oxidation sites excluding steroid dienone is 1. The van der Waals surface area contributed by atoms with Gasteiger partial charge >= 0.3 is 23.9 Å². The number of benzene rings is 2. The van der Waals surface area contributed by atoms with E-state index in [-0.39, 0.29) is 35.6 Å². The number of para-hydroxylation sites is 2. The Kier molecular flexibility index (Phi) is 11.3. The van der Waals surface area contributed by atoms with E-state index in [9.17, 15) is 29.1 Å². The van der Waals surface area contributed by atoms with Crippen LogP contribution in [-0.2, 0) is 19.1 Å². The molecule has 0 saturated carbocycles. The second-order valence-electron chi connectivity index (χ2n) is 9.05. The number of carboxylic acids is 1. The Labute approximate surface area is 230 Å². The van der Waals surface area contributed by atoms with Gasteiger partial charge in [-0.3, -0.25) is 15.0 Å². The number of aliphatic carboxylic acids is 1. The SMILES string of the molecule is CC=CC(=N)C(=O)Oc1ccccc1C(=O)Oc1ccccc1C(=O)OC(C(=O)NCCC(=O)O)C(C)(C)CO. The average Bonchev–Trinajstić information content (AvgIpc) is 2.91. The predicted molar refractivity (Wildman–Crippen MR) is 141 cm³/mol. The predicted octanol–water partition coefficient (Wildman–Crippen LogP) is 2.54. The number of hydrogen-bond acceptors (Lipinski definition) is 10. The number of amides is 1. The number of carboxylic acid groups (broad SMARTS) is 1. The molecule has 0 aliphatic carbocycles. The number of carbonyl (C=O) groups excluding carboxylic acids is 4. The second kappa shape index (κ2) is 14.4. The number of ether oxygens (including phenoxy) is 3. The van der Waals surface area contributed by atoms with Gasteiger partial charge < -0.3 is 29.7 Å². The third kappa shape index (κ3) is 8.60. The maximum Gasteiger partial charge on any atom is 0.361 e. The summed E-state index contributed by atoms with van der Waals surface area (Å²) in [6.07, 6.45) is 0.821. The van der Waals surface area contributed by atoms with Gasteiger partial charge in [0.2, 0.25) is 0 Å². The maximum atomic E-state index is 13.1. The summed E-state index contributed by atoms with van der Waals surface area (Å²) in [5, 5.41) is 28.6. The Balaban J connectivity index is 2.29. The van der Waals surface area contributed by atoms with Crippen molar-refractivity contribution in [3.8, 4) is 11.5 Å². The molecular weight excluding hydrogens is 524 g/mol. The lowest BCUT2D eigenvalue weighted by atomic mass is 9.86. The van der Waals surface area contributed by atoms with Crippen molar-refractivity contribution in [2.45, 2.75) is 33.3 Å². The third-order valence-electron chi connectivity index (χ3n) is 5.39. The van der Waals surface area contributed by atoms with Crippen LogP contribution in [0.5, 0.6) is 11.5 Å². The first kappa shape index (κ1) is 31.4. The molecule has 12 heteroatoms. The van der Waals surface area contributed by atoms with Gasteiger partial charge in [-0.1, -0.05) is 44.2 Å². The number of aliphatic hydroxyl groups excluding tert-OH is 1. The van der Waals surface area contributed by atoms with Crippen molar-refractivity contribution in [1.29, 1.82) is 5.41 Å². The molecule has 0 aromatic heterocycles. The number of rotatable bonds is 13. The molecule has 12 nitrogen and oxygen atoms in total. The minimum atomic E-state index is -1.52. The van der Waals surface area contributed by atoms with Crippen molar-refractivity contribution in [2.75, 3.05) is 13.2 Å². The van der Waals surface area contributed by atoms with Crippen molar-refractivity contribution in [2.24, 2.45) is 5.41 Å². The topological polar surface area (TPSA) is 189 Å². The fourth-order valence-corrected chi connectivity index (χ4v) is 3.20. The monoisotopic (exact) mass is 554 g/mol. The molecular formula is C28H30N2O10. The van der Waals surface area contributed by atoms with Gasteiger partial charge in [0, 0.05) is 12.0 Å². The first-order valence-electron chi connectivity index (χ1n) is 12.1. The summed E-state index contributed by atoms with van der Waals surface area (Å²) < 4.78 is 16.0. The molecule has 0 aliphatic heterocycles. The minimum Gasteiger partial charge on any atom is -0.481 e. The quantitative estimate of drug-likeness (QED) is 0.163. The largest absolute Gasteiger partial charge is 0.481 e. The zero-order valence-electron chi connectivity index (χ0n) is 22.1. The molecule has 1 atom stereocenters. The molecule has 0 spiro atoms. The molecule has 1 amide bonds. The van der Waals surface area contributed by atoms with E-state index >= 15 is 0 Å². The van der Waals surface area contributed by atoms with E-state index in [4.69, 9.17) is 24.7 Å². The van der Waals surface area contributed by atoms with Crippen LogP contribution < -0.4 is 14.8 Å². The van der Waals surface area contributed by atoms with Gasteiger partial charge in [-0.05, 0) is 37.3 Å². The highest BCUT2D eigenvalue weighted by Crippen LogP contribution is 2.28. The summed E-state index contributed by atoms with van der Waals surface area (Å²) in [6, 6.07) is 11.2. The van der Waals surface area contributed by atoms with Gasteiger partial charge in [0.15, 0.2) is 6.10 Å². The summed E-state index contributed by atoms with van der Waals surface area (Å²) in [5.74, 6) is -5.40. The van der Waals surface area contributed by atoms with Crippen LogP contribution in [0.3, 0.4) is 0 Å². The van der Waals surface area contributed by atoms with E-state index in [0.29, 0.717) is 0 Å². The fourth-order valence-electron chi connectivity index (χ4n) is 3.20. The fraction of sp³-hybridized carbons (Fsp3) is 0.286. The Bertz CT molecular complexity index is 1320. The van der Waals surface area contributed by atoms with E-state index in [1.807, 2.05) is 0 Å². The average molecular weight is 555 g/mol. The molecule has 1 unspecified atom stereocenters. The van der Waals surface area contributed by atoms with Crippen molar-refractivity contribution in [3.63, 3.8) is 0 Å². The summed E-state index contributed by atoms with van der Waals surface area (Å²) in [7, 11) is 0. The first-order valence-corrected chi connectivity index (χ1v) is 12.1. The van der Waals surface area contributed by atoms with Crippen LogP contribution in [0.1, 0.15) is 47.9 Å². The molecule has 0 bridgehead atoms. The van der Waals surface area contributed by atoms with Crippen LogP contribution in [0.4, 0.5) is 0 Å². The Morgan fingerprint density at radius 2 is 1.50 bits per heavy atom.